The average molecular weight is 438 g/mol. The number of ether oxygens (including phenoxy) is 1. The Labute approximate surface area is 185 Å². The van der Waals surface area contributed by atoms with Gasteiger partial charge in [0.1, 0.15) is 23.0 Å². The molecule has 2 aromatic heterocycles. The number of nitrogens with one attached hydrogen (secondary N) is 2. The van der Waals surface area contributed by atoms with Crippen molar-refractivity contribution in [3.05, 3.63) is 29.2 Å². The van der Waals surface area contributed by atoms with E-state index in [1.54, 1.807) is 0 Å². The number of aromatic hydroxyl groups is 1. The van der Waals surface area contributed by atoms with Crippen LogP contribution in [0.25, 0.3) is 11.3 Å². The highest BCUT2D eigenvalue weighted by atomic mass is 16.5. The van der Waals surface area contributed by atoms with E-state index in [1.807, 2.05) is 19.1 Å². The van der Waals surface area contributed by atoms with Gasteiger partial charge in [0.2, 0.25) is 5.95 Å². The Balaban J connectivity index is 1.21. The molecule has 168 valence electrons. The SMILES string of the molecule is Cc1nc(N[C@@H]2CCCN(CCCc3nnn[nH]3)C2)nnc1-c1ccc2c(c1O)CCO2. The van der Waals surface area contributed by atoms with E-state index in [0.717, 1.165) is 68.1 Å². The van der Waals surface area contributed by atoms with Crippen molar-refractivity contribution in [2.24, 2.45) is 0 Å². The molecule has 3 aromatic rings. The smallest absolute Gasteiger partial charge is 0.243 e. The molecule has 0 aliphatic carbocycles. The molecule has 32 heavy (non-hydrogen) atoms. The van der Waals surface area contributed by atoms with Crippen LogP contribution in [0.4, 0.5) is 5.95 Å². The van der Waals surface area contributed by atoms with Crippen LogP contribution in [0.1, 0.15) is 36.3 Å². The molecule has 0 spiro atoms. The lowest BCUT2D eigenvalue weighted by Crippen LogP contribution is -2.42. The first-order valence-electron chi connectivity index (χ1n) is 11.1. The summed E-state index contributed by atoms with van der Waals surface area (Å²) in [5.41, 5.74) is 2.79. The summed E-state index contributed by atoms with van der Waals surface area (Å²) in [6.45, 7) is 5.50. The fraction of sp³-hybridized carbons (Fsp3) is 0.524. The van der Waals surface area contributed by atoms with Gasteiger partial charge in [-0.1, -0.05) is 0 Å². The van der Waals surface area contributed by atoms with Gasteiger partial charge in [-0.3, -0.25) is 0 Å². The summed E-state index contributed by atoms with van der Waals surface area (Å²) in [6.07, 6.45) is 4.74. The second-order valence-electron chi connectivity index (χ2n) is 8.34. The van der Waals surface area contributed by atoms with Crippen LogP contribution in [-0.2, 0) is 12.8 Å². The number of hydrogen-bond acceptors (Lipinski definition) is 10. The van der Waals surface area contributed by atoms with Gasteiger partial charge in [0, 0.05) is 36.6 Å². The zero-order valence-corrected chi connectivity index (χ0v) is 18.1. The first-order chi connectivity index (χ1) is 15.7. The Kier molecular flexibility index (Phi) is 5.80. The summed E-state index contributed by atoms with van der Waals surface area (Å²) in [4.78, 5) is 7.08. The lowest BCUT2D eigenvalue weighted by atomic mass is 10.0. The molecule has 0 unspecified atom stereocenters. The van der Waals surface area contributed by atoms with Gasteiger partial charge in [-0.2, -0.15) is 0 Å². The number of nitrogens with zero attached hydrogens (tertiary/aromatic N) is 7. The lowest BCUT2D eigenvalue weighted by molar-refractivity contribution is 0.213. The third-order valence-electron chi connectivity index (χ3n) is 6.08. The zero-order chi connectivity index (χ0) is 21.9. The topological polar surface area (TPSA) is 138 Å². The van der Waals surface area contributed by atoms with Crippen molar-refractivity contribution in [1.82, 2.24) is 40.7 Å². The van der Waals surface area contributed by atoms with Gasteiger partial charge in [0.25, 0.3) is 0 Å². The first-order valence-corrected chi connectivity index (χ1v) is 11.1. The molecule has 1 saturated heterocycles. The van der Waals surface area contributed by atoms with Gasteiger partial charge in [0.15, 0.2) is 0 Å². The number of benzene rings is 1. The Bertz CT molecular complexity index is 1070. The zero-order valence-electron chi connectivity index (χ0n) is 18.1. The molecule has 1 aromatic carbocycles. The molecule has 1 fully saturated rings. The number of phenols is 1. The fourth-order valence-corrected chi connectivity index (χ4v) is 4.48. The maximum atomic E-state index is 10.7. The monoisotopic (exact) mass is 437 g/mol. The largest absolute Gasteiger partial charge is 0.507 e. The highest BCUT2D eigenvalue weighted by molar-refractivity contribution is 5.72. The van der Waals surface area contributed by atoms with Gasteiger partial charge in [-0.15, -0.1) is 15.3 Å². The van der Waals surface area contributed by atoms with Gasteiger partial charge in [-0.25, -0.2) is 10.1 Å². The van der Waals surface area contributed by atoms with Crippen LogP contribution in [0.3, 0.4) is 0 Å². The van der Waals surface area contributed by atoms with Crippen LogP contribution in [0, 0.1) is 6.92 Å². The minimum Gasteiger partial charge on any atom is -0.507 e. The average Bonchev–Trinajstić information content (AvgIpc) is 3.48. The quantitative estimate of drug-likeness (QED) is 0.498. The molecular weight excluding hydrogens is 410 g/mol. The van der Waals surface area contributed by atoms with Gasteiger partial charge < -0.3 is 20.1 Å². The molecule has 2 aliphatic heterocycles. The number of likely N-dealkylation sites (tertiary alicyclic amines) is 1. The van der Waals surface area contributed by atoms with Crippen LogP contribution in [-0.4, -0.2) is 78.1 Å². The Morgan fingerprint density at radius 2 is 2.22 bits per heavy atom. The second kappa shape index (κ2) is 9.03. The number of H-pyrrole nitrogens is 1. The number of rotatable bonds is 7. The summed E-state index contributed by atoms with van der Waals surface area (Å²) in [5, 5.41) is 36.8. The summed E-state index contributed by atoms with van der Waals surface area (Å²) in [5.74, 6) is 2.30. The number of aryl methyl sites for hydroxylation is 2. The predicted octanol–water partition coefficient (Wildman–Crippen LogP) is 1.51. The van der Waals surface area contributed by atoms with Gasteiger partial charge in [0.05, 0.1) is 12.3 Å². The van der Waals surface area contributed by atoms with E-state index in [4.69, 9.17) is 4.74 Å². The van der Waals surface area contributed by atoms with E-state index in [2.05, 4.69) is 46.0 Å². The summed E-state index contributed by atoms with van der Waals surface area (Å²) >= 11 is 0. The Hall–Kier alpha value is -3.34. The van der Waals surface area contributed by atoms with Crippen molar-refractivity contribution < 1.29 is 9.84 Å². The maximum absolute atomic E-state index is 10.7. The predicted molar refractivity (Wildman–Crippen MR) is 116 cm³/mol. The number of fused-ring (bicyclic) bond motifs is 1. The number of anilines is 1. The maximum Gasteiger partial charge on any atom is 0.243 e. The van der Waals surface area contributed by atoms with Crippen molar-refractivity contribution in [1.29, 1.82) is 0 Å². The normalized spacial score (nSPS) is 18.3. The molecule has 0 bridgehead atoms. The third-order valence-corrected chi connectivity index (χ3v) is 6.08. The van der Waals surface area contributed by atoms with E-state index in [1.165, 1.54) is 0 Å². The van der Waals surface area contributed by atoms with Gasteiger partial charge in [-0.05, 0) is 61.8 Å². The summed E-state index contributed by atoms with van der Waals surface area (Å²) in [7, 11) is 0. The molecule has 3 N–H and O–H groups in total. The summed E-state index contributed by atoms with van der Waals surface area (Å²) < 4.78 is 5.52. The minimum atomic E-state index is 0.212. The van der Waals surface area contributed by atoms with Crippen LogP contribution in [0.15, 0.2) is 12.1 Å². The number of tetrazole rings is 1. The van der Waals surface area contributed by atoms with E-state index >= 15 is 0 Å². The number of aromatic nitrogens is 7. The Morgan fingerprint density at radius 1 is 1.28 bits per heavy atom. The molecule has 2 aliphatic rings. The molecule has 11 nitrogen and oxygen atoms in total. The number of phenolic OH excluding ortho intramolecular Hbond substituents is 1. The van der Waals surface area contributed by atoms with Crippen molar-refractivity contribution in [3.8, 4) is 22.8 Å². The third kappa shape index (κ3) is 4.33. The van der Waals surface area contributed by atoms with Crippen molar-refractivity contribution in [2.75, 3.05) is 31.6 Å². The number of aromatic amines is 1. The second-order valence-corrected chi connectivity index (χ2v) is 8.34. The Morgan fingerprint density at radius 3 is 3.06 bits per heavy atom. The van der Waals surface area contributed by atoms with Crippen LogP contribution in [0.2, 0.25) is 0 Å². The van der Waals surface area contributed by atoms with Crippen molar-refractivity contribution in [2.45, 2.75) is 45.1 Å². The molecule has 0 amide bonds. The number of hydrogen-bond donors (Lipinski definition) is 3. The highest BCUT2D eigenvalue weighted by Crippen LogP contribution is 2.40. The molecule has 4 heterocycles. The van der Waals surface area contributed by atoms with Crippen LogP contribution in [0.5, 0.6) is 11.5 Å². The standard InChI is InChI=1S/C21H27N9O2/c1-13-19(16-6-7-17-15(20(16)31)8-11-32-17)26-27-21(22-13)23-14-4-2-9-30(12-14)10-3-5-18-24-28-29-25-18/h6-7,14,31H,2-5,8-12H2,1H3,(H,22,23,27)(H,24,25,28,29)/t14-/m1/s1. The molecule has 11 heteroatoms. The summed E-state index contributed by atoms with van der Waals surface area (Å²) in [6, 6.07) is 3.97. The van der Waals surface area contributed by atoms with E-state index in [9.17, 15) is 5.11 Å². The van der Waals surface area contributed by atoms with Gasteiger partial charge >= 0.3 is 0 Å². The molecule has 5 rings (SSSR count). The van der Waals surface area contributed by atoms with E-state index < -0.39 is 0 Å². The molecular formula is C21H27N9O2. The first kappa shape index (κ1) is 20.6. The van der Waals surface area contributed by atoms with E-state index in [-0.39, 0.29) is 11.8 Å². The molecule has 0 saturated carbocycles. The highest BCUT2D eigenvalue weighted by Gasteiger charge is 2.23. The van der Waals surface area contributed by atoms with E-state index in [0.29, 0.717) is 30.2 Å². The van der Waals surface area contributed by atoms with Crippen molar-refractivity contribution in [3.63, 3.8) is 0 Å². The number of piperidine rings is 1. The fourth-order valence-electron chi connectivity index (χ4n) is 4.48. The van der Waals surface area contributed by atoms with Crippen LogP contribution >= 0.6 is 0 Å². The van der Waals surface area contributed by atoms with Crippen LogP contribution < -0.4 is 10.1 Å². The molecule has 1 atom stereocenters. The minimum absolute atomic E-state index is 0.212. The molecule has 0 radical (unpaired) electrons. The van der Waals surface area contributed by atoms with Crippen molar-refractivity contribution >= 4 is 5.95 Å². The lowest BCUT2D eigenvalue weighted by Gasteiger charge is -2.33.